The number of aromatic hydroxyl groups is 1. The summed E-state index contributed by atoms with van der Waals surface area (Å²) in [6, 6.07) is 16.4. The van der Waals surface area contributed by atoms with Gasteiger partial charge in [-0.05, 0) is 72.4 Å². The first-order valence-corrected chi connectivity index (χ1v) is 11.5. The van der Waals surface area contributed by atoms with Gasteiger partial charge in [-0.25, -0.2) is 9.59 Å². The van der Waals surface area contributed by atoms with Gasteiger partial charge in [0, 0.05) is 0 Å². The van der Waals surface area contributed by atoms with Crippen molar-refractivity contribution in [3.63, 3.8) is 0 Å². The molecule has 0 amide bonds. The van der Waals surface area contributed by atoms with E-state index in [4.69, 9.17) is 31.8 Å². The maximum atomic E-state index is 12.4. The number of esters is 2. The molecule has 194 valence electrons. The van der Waals surface area contributed by atoms with Crippen molar-refractivity contribution < 1.29 is 34.1 Å². The van der Waals surface area contributed by atoms with Gasteiger partial charge in [-0.2, -0.15) is 0 Å². The Morgan fingerprint density at radius 2 is 0.919 bits per heavy atom. The van der Waals surface area contributed by atoms with Crippen LogP contribution < -0.4 is 26.7 Å². The average Bonchev–Trinajstić information content (AvgIpc) is 2.87. The van der Waals surface area contributed by atoms with Gasteiger partial charge >= 0.3 is 17.9 Å². The minimum atomic E-state index is -1.10. The lowest BCUT2D eigenvalue weighted by Gasteiger charge is -2.13. The number of carbonyl (C=O) groups is 3. The number of carboxylic acid groups (broad SMARTS) is 1. The second kappa shape index (κ2) is 12.6. The Morgan fingerprint density at radius 3 is 1.27 bits per heavy atom. The third kappa shape index (κ3) is 8.43. The Balaban J connectivity index is 1.47. The molecule has 10 nitrogen and oxygen atoms in total. The zero-order chi connectivity index (χ0) is 26.9. The Labute approximate surface area is 213 Å². The van der Waals surface area contributed by atoms with E-state index in [0.717, 1.165) is 11.1 Å². The van der Waals surface area contributed by atoms with E-state index in [1.165, 1.54) is 12.1 Å². The number of rotatable bonds is 11. The second-order valence-electron chi connectivity index (χ2n) is 8.57. The number of carbonyl (C=O) groups excluding carboxylic acids is 2. The molecule has 0 heterocycles. The molecule has 3 aromatic carbocycles. The van der Waals surface area contributed by atoms with Crippen LogP contribution in [-0.4, -0.2) is 46.2 Å². The molecular weight excluding hydrogens is 478 g/mol. The molecule has 0 fully saturated rings. The summed E-state index contributed by atoms with van der Waals surface area (Å²) in [5, 5.41) is 18.2. The molecule has 0 aliphatic rings. The number of phenols is 1. The van der Waals surface area contributed by atoms with E-state index in [1.54, 1.807) is 60.7 Å². The molecule has 0 saturated heterocycles. The minimum Gasteiger partial charge on any atom is -0.508 e. The molecule has 0 unspecified atom stereocenters. The maximum Gasteiger partial charge on any atom is 0.328 e. The van der Waals surface area contributed by atoms with Crippen molar-refractivity contribution in [3.8, 4) is 17.2 Å². The first-order valence-electron chi connectivity index (χ1n) is 11.5. The van der Waals surface area contributed by atoms with Crippen LogP contribution in [-0.2, 0) is 33.6 Å². The molecule has 0 spiro atoms. The lowest BCUT2D eigenvalue weighted by atomic mass is 10.1. The van der Waals surface area contributed by atoms with E-state index in [-0.39, 0.29) is 30.8 Å². The van der Waals surface area contributed by atoms with E-state index >= 15 is 0 Å². The van der Waals surface area contributed by atoms with Crippen LogP contribution in [0.4, 0.5) is 0 Å². The van der Waals surface area contributed by atoms with Gasteiger partial charge in [-0.15, -0.1) is 0 Å². The van der Waals surface area contributed by atoms with Gasteiger partial charge in [-0.3, -0.25) is 4.79 Å². The Kier molecular flexibility index (Phi) is 9.33. The molecule has 0 aromatic heterocycles. The molecule has 0 aliphatic carbocycles. The van der Waals surface area contributed by atoms with Crippen molar-refractivity contribution in [3.05, 3.63) is 89.5 Å². The largest absolute Gasteiger partial charge is 0.508 e. The lowest BCUT2D eigenvalue weighted by molar-refractivity contribution is -0.138. The van der Waals surface area contributed by atoms with Crippen LogP contribution in [0.3, 0.4) is 0 Å². The monoisotopic (exact) mass is 507 g/mol. The highest BCUT2D eigenvalue weighted by Gasteiger charge is 2.19. The molecule has 8 N–H and O–H groups in total. The average molecular weight is 508 g/mol. The van der Waals surface area contributed by atoms with Crippen molar-refractivity contribution in [1.29, 1.82) is 0 Å². The van der Waals surface area contributed by atoms with Crippen LogP contribution in [0.25, 0.3) is 0 Å². The predicted octanol–water partition coefficient (Wildman–Crippen LogP) is 1.30. The maximum absolute atomic E-state index is 12.4. The highest BCUT2D eigenvalue weighted by atomic mass is 16.5. The molecule has 37 heavy (non-hydrogen) atoms. The molecule has 0 radical (unpaired) electrons. The van der Waals surface area contributed by atoms with Crippen molar-refractivity contribution in [2.75, 3.05) is 0 Å². The van der Waals surface area contributed by atoms with Crippen molar-refractivity contribution in [2.24, 2.45) is 17.2 Å². The van der Waals surface area contributed by atoms with Crippen molar-refractivity contribution >= 4 is 17.9 Å². The van der Waals surface area contributed by atoms with Gasteiger partial charge in [0.1, 0.15) is 35.4 Å². The molecule has 0 bridgehead atoms. The number of hydrogen-bond donors (Lipinski definition) is 5. The summed E-state index contributed by atoms with van der Waals surface area (Å²) in [7, 11) is 0. The number of nitrogens with two attached hydrogens (primary N) is 3. The third-order valence-electron chi connectivity index (χ3n) is 5.51. The summed E-state index contributed by atoms with van der Waals surface area (Å²) in [6.07, 6.45) is 0.602. The quantitative estimate of drug-likeness (QED) is 0.187. The number of carboxylic acids is 1. The molecule has 0 aliphatic heterocycles. The van der Waals surface area contributed by atoms with Crippen molar-refractivity contribution in [1.82, 2.24) is 0 Å². The topological polar surface area (TPSA) is 188 Å². The van der Waals surface area contributed by atoms with E-state index < -0.39 is 36.0 Å². The SMILES string of the molecule is N[C@@H](Cc1ccc(OC(=O)[C@@H](N)Cc2ccc(OC(=O)[C@@H](N)Cc3ccc(O)cc3)cc2)cc1)C(=O)O. The fourth-order valence-electron chi connectivity index (χ4n) is 3.42. The van der Waals surface area contributed by atoms with Crippen LogP contribution >= 0.6 is 0 Å². The smallest absolute Gasteiger partial charge is 0.328 e. The van der Waals surface area contributed by atoms with Crippen LogP contribution in [0.2, 0.25) is 0 Å². The van der Waals surface area contributed by atoms with Gasteiger partial charge in [-0.1, -0.05) is 36.4 Å². The summed E-state index contributed by atoms with van der Waals surface area (Å²) in [5.41, 5.74) is 19.7. The lowest BCUT2D eigenvalue weighted by Crippen LogP contribution is -2.36. The van der Waals surface area contributed by atoms with E-state index in [0.29, 0.717) is 11.3 Å². The molecule has 10 heteroatoms. The fraction of sp³-hybridized carbons (Fsp3) is 0.222. The number of aliphatic carboxylic acids is 1. The number of benzene rings is 3. The number of phenolic OH excluding ortho intramolecular Hbond substituents is 1. The third-order valence-corrected chi connectivity index (χ3v) is 5.51. The fourth-order valence-corrected chi connectivity index (χ4v) is 3.42. The van der Waals surface area contributed by atoms with Crippen LogP contribution in [0.5, 0.6) is 17.2 Å². The standard InChI is InChI=1S/C27H29N3O7/c28-22(25(32)33)13-17-3-9-20(10-4-17)36-27(35)24(30)15-18-5-11-21(12-6-18)37-26(34)23(29)14-16-1-7-19(31)8-2-16/h1-12,22-24,31H,13-15,28-30H2,(H,32,33)/t22-,23-,24-/m0/s1. The highest BCUT2D eigenvalue weighted by molar-refractivity contribution is 5.79. The Hall–Kier alpha value is -4.25. The van der Waals surface area contributed by atoms with E-state index in [1.807, 2.05) is 0 Å². The summed E-state index contributed by atoms with van der Waals surface area (Å²) < 4.78 is 10.6. The summed E-state index contributed by atoms with van der Waals surface area (Å²) in [4.78, 5) is 35.5. The zero-order valence-corrected chi connectivity index (χ0v) is 19.9. The molecule has 3 rings (SSSR count). The van der Waals surface area contributed by atoms with Crippen LogP contribution in [0.1, 0.15) is 16.7 Å². The minimum absolute atomic E-state index is 0.127. The Morgan fingerprint density at radius 1 is 0.595 bits per heavy atom. The van der Waals surface area contributed by atoms with Crippen LogP contribution in [0.15, 0.2) is 72.8 Å². The first kappa shape index (κ1) is 27.3. The molecule has 3 atom stereocenters. The van der Waals surface area contributed by atoms with Crippen LogP contribution in [0, 0.1) is 0 Å². The number of hydrogen-bond acceptors (Lipinski definition) is 9. The van der Waals surface area contributed by atoms with Gasteiger partial charge in [0.05, 0.1) is 0 Å². The van der Waals surface area contributed by atoms with E-state index in [9.17, 15) is 19.5 Å². The molecule has 0 saturated carbocycles. The van der Waals surface area contributed by atoms with E-state index in [2.05, 4.69) is 0 Å². The summed E-state index contributed by atoms with van der Waals surface area (Å²) in [6.45, 7) is 0. The molecular formula is C27H29N3O7. The normalized spacial score (nSPS) is 13.3. The van der Waals surface area contributed by atoms with Crippen molar-refractivity contribution in [2.45, 2.75) is 37.4 Å². The number of ether oxygens (including phenoxy) is 2. The predicted molar refractivity (Wildman–Crippen MR) is 135 cm³/mol. The summed E-state index contributed by atoms with van der Waals surface area (Å²) >= 11 is 0. The van der Waals surface area contributed by atoms with Gasteiger partial charge in [0.15, 0.2) is 0 Å². The zero-order valence-electron chi connectivity index (χ0n) is 19.9. The molecule has 3 aromatic rings. The van der Waals surface area contributed by atoms with Gasteiger partial charge in [0.25, 0.3) is 0 Å². The highest BCUT2D eigenvalue weighted by Crippen LogP contribution is 2.17. The second-order valence-corrected chi connectivity index (χ2v) is 8.57. The summed E-state index contributed by atoms with van der Waals surface area (Å²) in [5.74, 6) is -1.63. The first-order chi connectivity index (χ1) is 17.6. The Bertz CT molecular complexity index is 1210. The van der Waals surface area contributed by atoms with Gasteiger partial charge in [0.2, 0.25) is 0 Å². The van der Waals surface area contributed by atoms with Gasteiger partial charge < -0.3 is 36.9 Å².